The topological polar surface area (TPSA) is 37.0 Å². The SMILES string of the molecule is C1=C2/CCCN2C2OC2CNCO/1. The van der Waals surface area contributed by atoms with Crippen molar-refractivity contribution in [2.45, 2.75) is 25.2 Å². The van der Waals surface area contributed by atoms with Crippen molar-refractivity contribution in [3.63, 3.8) is 0 Å². The zero-order valence-corrected chi connectivity index (χ0v) is 7.53. The fourth-order valence-corrected chi connectivity index (χ4v) is 2.09. The van der Waals surface area contributed by atoms with E-state index in [1.807, 2.05) is 6.26 Å². The number of hydrogen-bond acceptors (Lipinski definition) is 4. The highest BCUT2D eigenvalue weighted by atomic mass is 16.6. The van der Waals surface area contributed by atoms with Crippen LogP contribution in [-0.2, 0) is 9.47 Å². The Labute approximate surface area is 77.5 Å². The molecular formula is C9H14N2O2. The minimum Gasteiger partial charge on any atom is -0.484 e. The third kappa shape index (κ3) is 1.30. The molecule has 13 heavy (non-hydrogen) atoms. The number of hydrogen-bond donors (Lipinski definition) is 1. The Morgan fingerprint density at radius 3 is 3.54 bits per heavy atom. The predicted octanol–water partition coefficient (Wildman–Crippen LogP) is 0.226. The normalized spacial score (nSPS) is 41.5. The van der Waals surface area contributed by atoms with Crippen molar-refractivity contribution >= 4 is 0 Å². The molecule has 0 bridgehead atoms. The lowest BCUT2D eigenvalue weighted by molar-refractivity contribution is 0.188. The summed E-state index contributed by atoms with van der Waals surface area (Å²) < 4.78 is 10.9. The zero-order chi connectivity index (χ0) is 8.67. The van der Waals surface area contributed by atoms with Crippen LogP contribution in [0.5, 0.6) is 0 Å². The molecular weight excluding hydrogens is 168 g/mol. The summed E-state index contributed by atoms with van der Waals surface area (Å²) in [5, 5.41) is 3.19. The molecule has 72 valence electrons. The Balaban J connectivity index is 1.80. The summed E-state index contributed by atoms with van der Waals surface area (Å²) in [5.41, 5.74) is 1.30. The average Bonchev–Trinajstić information content (AvgIpc) is 2.74. The van der Waals surface area contributed by atoms with Crippen LogP contribution in [0.4, 0.5) is 0 Å². The summed E-state index contributed by atoms with van der Waals surface area (Å²) >= 11 is 0. The van der Waals surface area contributed by atoms with Gasteiger partial charge in [0.25, 0.3) is 0 Å². The van der Waals surface area contributed by atoms with Crippen molar-refractivity contribution in [3.05, 3.63) is 12.0 Å². The van der Waals surface area contributed by atoms with Gasteiger partial charge in [-0.25, -0.2) is 0 Å². The maximum absolute atomic E-state index is 5.57. The first kappa shape index (κ1) is 7.64. The first-order valence-corrected chi connectivity index (χ1v) is 4.88. The molecule has 3 aliphatic heterocycles. The second-order valence-corrected chi connectivity index (χ2v) is 3.74. The molecule has 2 fully saturated rings. The molecule has 4 nitrogen and oxygen atoms in total. The molecule has 0 radical (unpaired) electrons. The minimum atomic E-state index is 0.322. The van der Waals surface area contributed by atoms with Crippen molar-refractivity contribution in [2.75, 3.05) is 19.8 Å². The molecule has 3 rings (SSSR count). The molecule has 1 N–H and O–H groups in total. The molecule has 0 amide bonds. The van der Waals surface area contributed by atoms with E-state index in [2.05, 4.69) is 10.2 Å². The van der Waals surface area contributed by atoms with Crippen molar-refractivity contribution in [1.82, 2.24) is 10.2 Å². The van der Waals surface area contributed by atoms with Crippen LogP contribution in [-0.4, -0.2) is 37.1 Å². The molecule has 2 unspecified atom stereocenters. The Hall–Kier alpha value is -0.740. The van der Waals surface area contributed by atoms with Crippen LogP contribution in [0.25, 0.3) is 0 Å². The highest BCUT2D eigenvalue weighted by Gasteiger charge is 2.45. The van der Waals surface area contributed by atoms with E-state index in [9.17, 15) is 0 Å². The Kier molecular flexibility index (Phi) is 1.70. The van der Waals surface area contributed by atoms with Crippen LogP contribution in [0.3, 0.4) is 0 Å². The van der Waals surface area contributed by atoms with Gasteiger partial charge in [0.15, 0.2) is 6.23 Å². The summed E-state index contributed by atoms with van der Waals surface area (Å²) in [6, 6.07) is 0. The van der Waals surface area contributed by atoms with Gasteiger partial charge in [0.1, 0.15) is 19.1 Å². The Morgan fingerprint density at radius 2 is 2.54 bits per heavy atom. The van der Waals surface area contributed by atoms with Crippen molar-refractivity contribution in [1.29, 1.82) is 0 Å². The Morgan fingerprint density at radius 1 is 1.54 bits per heavy atom. The van der Waals surface area contributed by atoms with Crippen molar-refractivity contribution in [2.24, 2.45) is 0 Å². The maximum Gasteiger partial charge on any atom is 0.158 e. The quantitative estimate of drug-likeness (QED) is 0.544. The number of nitrogens with zero attached hydrogens (tertiary/aromatic N) is 1. The smallest absolute Gasteiger partial charge is 0.158 e. The van der Waals surface area contributed by atoms with Crippen LogP contribution < -0.4 is 5.32 Å². The number of ether oxygens (including phenoxy) is 2. The lowest BCUT2D eigenvalue weighted by Gasteiger charge is -2.16. The van der Waals surface area contributed by atoms with Crippen LogP contribution in [0.2, 0.25) is 0 Å². The summed E-state index contributed by atoms with van der Waals surface area (Å²) in [5.74, 6) is 0. The standard InChI is InChI=1S/C9H14N2O2/c1-2-7-5-12-6-10-4-8-9(13-8)11(7)3-1/h5,8-10H,1-4,6H2/b7-5-. The third-order valence-electron chi connectivity index (χ3n) is 2.81. The molecule has 0 spiro atoms. The minimum absolute atomic E-state index is 0.322. The van der Waals surface area contributed by atoms with E-state index in [4.69, 9.17) is 9.47 Å². The summed E-state index contributed by atoms with van der Waals surface area (Å²) in [6.07, 6.45) is 4.94. The molecule has 2 saturated heterocycles. The van der Waals surface area contributed by atoms with Gasteiger partial charge in [0, 0.05) is 13.1 Å². The van der Waals surface area contributed by atoms with Gasteiger partial charge >= 0.3 is 0 Å². The molecule has 0 saturated carbocycles. The lowest BCUT2D eigenvalue weighted by Crippen LogP contribution is -2.26. The van der Waals surface area contributed by atoms with Crippen LogP contribution in [0.15, 0.2) is 12.0 Å². The van der Waals surface area contributed by atoms with Crippen LogP contribution >= 0.6 is 0 Å². The summed E-state index contributed by atoms with van der Waals surface area (Å²) in [7, 11) is 0. The summed E-state index contributed by atoms with van der Waals surface area (Å²) in [4.78, 5) is 2.33. The van der Waals surface area contributed by atoms with Gasteiger partial charge in [-0.15, -0.1) is 0 Å². The van der Waals surface area contributed by atoms with Gasteiger partial charge < -0.3 is 14.4 Å². The molecule has 0 aromatic heterocycles. The highest BCUT2D eigenvalue weighted by molar-refractivity contribution is 5.08. The molecule has 4 heteroatoms. The molecule has 3 aliphatic rings. The second-order valence-electron chi connectivity index (χ2n) is 3.74. The molecule has 0 aromatic rings. The lowest BCUT2D eigenvalue weighted by atomic mass is 10.3. The average molecular weight is 182 g/mol. The largest absolute Gasteiger partial charge is 0.484 e. The molecule has 0 aromatic carbocycles. The van der Waals surface area contributed by atoms with Crippen LogP contribution in [0.1, 0.15) is 12.8 Å². The van der Waals surface area contributed by atoms with E-state index < -0.39 is 0 Å². The first-order valence-electron chi connectivity index (χ1n) is 4.88. The van der Waals surface area contributed by atoms with Gasteiger partial charge in [0.2, 0.25) is 0 Å². The highest BCUT2D eigenvalue weighted by Crippen LogP contribution is 2.34. The van der Waals surface area contributed by atoms with Gasteiger partial charge in [0.05, 0.1) is 5.70 Å². The number of fused-ring (bicyclic) bond motifs is 3. The number of nitrogens with one attached hydrogen (secondary N) is 1. The zero-order valence-electron chi connectivity index (χ0n) is 7.53. The van der Waals surface area contributed by atoms with Gasteiger partial charge in [-0.05, 0) is 12.8 Å². The molecule has 0 aliphatic carbocycles. The van der Waals surface area contributed by atoms with E-state index in [1.54, 1.807) is 0 Å². The Bertz CT molecular complexity index is 242. The number of rotatable bonds is 0. The fourth-order valence-electron chi connectivity index (χ4n) is 2.09. The second kappa shape index (κ2) is 2.89. The van der Waals surface area contributed by atoms with Gasteiger partial charge in [-0.3, -0.25) is 5.32 Å². The predicted molar refractivity (Wildman–Crippen MR) is 46.6 cm³/mol. The fraction of sp³-hybridized carbons (Fsp3) is 0.778. The van der Waals surface area contributed by atoms with Gasteiger partial charge in [-0.2, -0.15) is 0 Å². The number of epoxide rings is 1. The van der Waals surface area contributed by atoms with E-state index in [0.29, 0.717) is 19.1 Å². The first-order chi connectivity index (χ1) is 6.45. The van der Waals surface area contributed by atoms with E-state index in [0.717, 1.165) is 19.5 Å². The number of allylic oxidation sites excluding steroid dienone is 1. The summed E-state index contributed by atoms with van der Waals surface area (Å²) in [6.45, 7) is 2.63. The molecule has 2 atom stereocenters. The van der Waals surface area contributed by atoms with Crippen molar-refractivity contribution < 1.29 is 9.47 Å². The van der Waals surface area contributed by atoms with Crippen LogP contribution in [0, 0.1) is 0 Å². The van der Waals surface area contributed by atoms with E-state index in [-0.39, 0.29) is 0 Å². The maximum atomic E-state index is 5.57. The van der Waals surface area contributed by atoms with E-state index >= 15 is 0 Å². The van der Waals surface area contributed by atoms with E-state index in [1.165, 1.54) is 12.1 Å². The monoisotopic (exact) mass is 182 g/mol. The third-order valence-corrected chi connectivity index (χ3v) is 2.81. The van der Waals surface area contributed by atoms with Crippen molar-refractivity contribution in [3.8, 4) is 0 Å². The van der Waals surface area contributed by atoms with Gasteiger partial charge in [-0.1, -0.05) is 0 Å². The molecule has 3 heterocycles.